The Morgan fingerprint density at radius 2 is 1.81 bits per heavy atom. The van der Waals surface area contributed by atoms with Crippen molar-refractivity contribution in [2.45, 2.75) is 18.5 Å². The van der Waals surface area contributed by atoms with Crippen molar-refractivity contribution in [2.24, 2.45) is 5.73 Å². The number of nitrogen functional groups attached to an aromatic ring is 2. The summed E-state index contributed by atoms with van der Waals surface area (Å²) in [6, 6.07) is 13.2. The van der Waals surface area contributed by atoms with Crippen molar-refractivity contribution in [1.82, 2.24) is 19.7 Å². The number of ether oxygens (including phenoxy) is 2. The first-order chi connectivity index (χ1) is 19.8. The predicted octanol–water partition coefficient (Wildman–Crippen LogP) is 2.99. The molecule has 42 heavy (non-hydrogen) atoms. The molecule has 12 nitrogen and oxygen atoms in total. The van der Waals surface area contributed by atoms with Gasteiger partial charge in [-0.05, 0) is 30.2 Å². The number of nitrogens with one attached hydrogen (secondary N) is 2. The van der Waals surface area contributed by atoms with Crippen LogP contribution in [-0.2, 0) is 11.2 Å². The van der Waals surface area contributed by atoms with Crippen molar-refractivity contribution >= 4 is 17.5 Å². The summed E-state index contributed by atoms with van der Waals surface area (Å²) in [7, 11) is 2.82. The molecule has 2 heterocycles. The van der Waals surface area contributed by atoms with Crippen LogP contribution < -0.4 is 26.6 Å². The summed E-state index contributed by atoms with van der Waals surface area (Å²) in [5, 5.41) is 19.1. The molecular formula is C26H25F4N7O5. The highest BCUT2D eigenvalue weighted by molar-refractivity contribution is 5.94. The van der Waals surface area contributed by atoms with Crippen LogP contribution >= 0.6 is 0 Å². The van der Waals surface area contributed by atoms with Crippen LogP contribution in [0.3, 0.4) is 0 Å². The van der Waals surface area contributed by atoms with Gasteiger partial charge >= 0.3 is 17.8 Å². The van der Waals surface area contributed by atoms with Gasteiger partial charge in [0.15, 0.2) is 17.4 Å². The molecule has 1 unspecified atom stereocenters. The van der Waals surface area contributed by atoms with Gasteiger partial charge in [0, 0.05) is 23.4 Å². The fraction of sp³-hybridized carbons (Fsp3) is 0.192. The monoisotopic (exact) mass is 591 g/mol. The van der Waals surface area contributed by atoms with Crippen LogP contribution in [0, 0.1) is 11.2 Å². The van der Waals surface area contributed by atoms with Gasteiger partial charge in [-0.15, -0.1) is 5.10 Å². The normalized spacial score (nSPS) is 11.7. The third-order valence-corrected chi connectivity index (χ3v) is 5.80. The molecule has 16 heteroatoms. The predicted molar refractivity (Wildman–Crippen MR) is 143 cm³/mol. The first-order valence-corrected chi connectivity index (χ1v) is 11.8. The minimum absolute atomic E-state index is 0.00738. The number of halogens is 4. The van der Waals surface area contributed by atoms with Crippen molar-refractivity contribution in [3.8, 4) is 17.3 Å². The molecule has 1 atom stereocenters. The number of hydrogen-bond acceptors (Lipinski definition) is 8. The SMILES string of the molecule is COc1cc(OC)c(F)c(C(Cc2ccc(C(=N)N)cc2)c2nn(-c3ncccc3N)c(=O)[nH]2)c1.O=C(O)C(F)(F)F. The van der Waals surface area contributed by atoms with Crippen LogP contribution in [0.4, 0.5) is 23.2 Å². The van der Waals surface area contributed by atoms with Gasteiger partial charge in [0.1, 0.15) is 17.4 Å². The molecule has 0 spiro atoms. The van der Waals surface area contributed by atoms with Gasteiger partial charge in [0.25, 0.3) is 0 Å². The Labute approximate surface area is 235 Å². The third kappa shape index (κ3) is 7.21. The average molecular weight is 592 g/mol. The molecule has 0 saturated heterocycles. The second-order valence-electron chi connectivity index (χ2n) is 8.55. The molecule has 4 rings (SSSR count). The third-order valence-electron chi connectivity index (χ3n) is 5.80. The molecule has 0 bridgehead atoms. The number of nitrogens with two attached hydrogens (primary N) is 2. The molecule has 2 aromatic heterocycles. The molecule has 222 valence electrons. The molecular weight excluding hydrogens is 566 g/mol. The van der Waals surface area contributed by atoms with Crippen molar-refractivity contribution in [3.05, 3.63) is 93.5 Å². The number of amidine groups is 1. The molecule has 4 aromatic rings. The van der Waals surface area contributed by atoms with E-state index in [0.29, 0.717) is 11.3 Å². The van der Waals surface area contributed by atoms with E-state index in [1.165, 1.54) is 26.5 Å². The number of benzene rings is 2. The van der Waals surface area contributed by atoms with Gasteiger partial charge in [0.05, 0.1) is 25.8 Å². The maximum atomic E-state index is 15.5. The highest BCUT2D eigenvalue weighted by Gasteiger charge is 2.38. The number of alkyl halides is 3. The zero-order valence-corrected chi connectivity index (χ0v) is 22.1. The largest absolute Gasteiger partial charge is 0.497 e. The van der Waals surface area contributed by atoms with Crippen LogP contribution in [0.5, 0.6) is 11.5 Å². The van der Waals surface area contributed by atoms with Crippen molar-refractivity contribution in [1.29, 1.82) is 5.41 Å². The molecule has 0 amide bonds. The van der Waals surface area contributed by atoms with E-state index in [1.807, 2.05) is 0 Å². The summed E-state index contributed by atoms with van der Waals surface area (Å²) in [5.74, 6) is -3.43. The number of aromatic nitrogens is 4. The second kappa shape index (κ2) is 12.8. The Kier molecular flexibility index (Phi) is 9.51. The number of carboxylic acid groups (broad SMARTS) is 1. The number of H-pyrrole nitrogens is 1. The lowest BCUT2D eigenvalue weighted by atomic mass is 9.90. The standard InChI is InChI=1S/C24H24FN7O3.C2HF3O2/c1-34-15-11-16(20(25)19(12-15)35-2)17(10-13-5-7-14(8-6-13)21(27)28)22-30-24(33)32(31-22)23-18(26)4-3-9-29-23;3-2(4,5)1(6)7/h3-9,11-12,17H,10,26H2,1-2H3,(H3,27,28)(H,30,31,33);(H,6,7). The van der Waals surface area contributed by atoms with Crippen LogP contribution in [0.1, 0.15) is 28.4 Å². The molecule has 0 saturated carbocycles. The number of carboxylic acids is 1. The van der Waals surface area contributed by atoms with Crippen LogP contribution in [0.15, 0.2) is 59.5 Å². The zero-order chi connectivity index (χ0) is 31.2. The molecule has 0 aliphatic heterocycles. The topological polar surface area (TPSA) is 195 Å². The van der Waals surface area contributed by atoms with E-state index in [0.717, 1.165) is 10.2 Å². The smallest absolute Gasteiger partial charge is 0.490 e. The fourth-order valence-corrected chi connectivity index (χ4v) is 3.75. The van der Waals surface area contributed by atoms with E-state index < -0.39 is 29.6 Å². The number of methoxy groups -OCH3 is 2. The van der Waals surface area contributed by atoms with E-state index in [-0.39, 0.29) is 40.9 Å². The van der Waals surface area contributed by atoms with Gasteiger partial charge in [-0.1, -0.05) is 24.3 Å². The minimum atomic E-state index is -5.08. The molecule has 0 fully saturated rings. The highest BCUT2D eigenvalue weighted by Crippen LogP contribution is 2.36. The lowest BCUT2D eigenvalue weighted by Gasteiger charge is -2.18. The Bertz CT molecular complexity index is 1640. The van der Waals surface area contributed by atoms with Gasteiger partial charge in [-0.3, -0.25) is 10.4 Å². The van der Waals surface area contributed by atoms with Gasteiger partial charge in [-0.25, -0.2) is 19.0 Å². The van der Waals surface area contributed by atoms with Crippen LogP contribution in [0.25, 0.3) is 5.82 Å². The quantitative estimate of drug-likeness (QED) is 0.116. The van der Waals surface area contributed by atoms with E-state index in [1.54, 1.807) is 42.5 Å². The number of aromatic amines is 1. The Morgan fingerprint density at radius 1 is 1.17 bits per heavy atom. The van der Waals surface area contributed by atoms with Crippen LogP contribution in [-0.4, -0.2) is 57.1 Å². The van der Waals surface area contributed by atoms with Crippen LogP contribution in [0.2, 0.25) is 0 Å². The molecule has 0 radical (unpaired) electrons. The Balaban J connectivity index is 0.000000616. The van der Waals surface area contributed by atoms with E-state index in [4.69, 9.17) is 36.3 Å². The van der Waals surface area contributed by atoms with E-state index in [9.17, 15) is 18.0 Å². The van der Waals surface area contributed by atoms with Gasteiger partial charge < -0.3 is 26.0 Å². The summed E-state index contributed by atoms with van der Waals surface area (Å²) in [4.78, 5) is 28.6. The molecule has 7 N–H and O–H groups in total. The minimum Gasteiger partial charge on any atom is -0.497 e. The number of pyridine rings is 1. The van der Waals surface area contributed by atoms with E-state index in [2.05, 4.69) is 15.1 Å². The zero-order valence-electron chi connectivity index (χ0n) is 22.1. The highest BCUT2D eigenvalue weighted by atomic mass is 19.4. The van der Waals surface area contributed by atoms with E-state index >= 15 is 4.39 Å². The number of rotatable bonds is 8. The number of carbonyl (C=O) groups is 1. The Morgan fingerprint density at radius 3 is 2.33 bits per heavy atom. The lowest BCUT2D eigenvalue weighted by molar-refractivity contribution is -0.192. The summed E-state index contributed by atoms with van der Waals surface area (Å²) >= 11 is 0. The summed E-state index contributed by atoms with van der Waals surface area (Å²) < 4.78 is 58.8. The number of anilines is 1. The van der Waals surface area contributed by atoms with Gasteiger partial charge in [-0.2, -0.15) is 17.9 Å². The maximum absolute atomic E-state index is 15.5. The molecule has 0 aliphatic rings. The molecule has 0 aliphatic carbocycles. The molecule has 2 aromatic carbocycles. The first kappa shape index (κ1) is 31.1. The number of aliphatic carboxylic acids is 1. The maximum Gasteiger partial charge on any atom is 0.490 e. The number of nitrogens with zero attached hydrogens (tertiary/aromatic N) is 3. The Hall–Kier alpha value is -5.41. The summed E-state index contributed by atoms with van der Waals surface area (Å²) in [5.41, 5.74) is 12.8. The van der Waals surface area contributed by atoms with Crippen molar-refractivity contribution in [3.63, 3.8) is 0 Å². The average Bonchev–Trinajstić information content (AvgIpc) is 3.33. The van der Waals surface area contributed by atoms with Gasteiger partial charge in [0.2, 0.25) is 0 Å². The second-order valence-corrected chi connectivity index (χ2v) is 8.55. The first-order valence-electron chi connectivity index (χ1n) is 11.8. The lowest BCUT2D eigenvalue weighted by Crippen LogP contribution is -2.21. The fourth-order valence-electron chi connectivity index (χ4n) is 3.75. The summed E-state index contributed by atoms with van der Waals surface area (Å²) in [6.45, 7) is 0. The van der Waals surface area contributed by atoms with Crippen molar-refractivity contribution in [2.75, 3.05) is 20.0 Å². The number of hydrogen-bond donors (Lipinski definition) is 5. The summed E-state index contributed by atoms with van der Waals surface area (Å²) in [6.07, 6.45) is -3.33. The van der Waals surface area contributed by atoms with Crippen molar-refractivity contribution < 1.29 is 36.9 Å².